The van der Waals surface area contributed by atoms with Crippen molar-refractivity contribution < 1.29 is 0 Å². The summed E-state index contributed by atoms with van der Waals surface area (Å²) in [7, 11) is 1.84. The van der Waals surface area contributed by atoms with Crippen LogP contribution >= 0.6 is 0 Å². The van der Waals surface area contributed by atoms with Gasteiger partial charge in [0.1, 0.15) is 0 Å². The van der Waals surface area contributed by atoms with Gasteiger partial charge in [0.25, 0.3) is 0 Å². The predicted molar refractivity (Wildman–Crippen MR) is 83.2 cm³/mol. The molecule has 1 rings (SSSR count). The second-order valence-electron chi connectivity index (χ2n) is 5.20. The van der Waals surface area contributed by atoms with E-state index in [0.717, 1.165) is 26.2 Å². The Morgan fingerprint density at radius 3 is 2.75 bits per heavy atom. The largest absolute Gasteiger partial charge is 0.394 e. The Labute approximate surface area is 122 Å². The second-order valence-corrected chi connectivity index (χ2v) is 5.20. The Bertz CT molecular complexity index is 401. The molecule has 0 bridgehead atoms. The highest BCUT2D eigenvalue weighted by Crippen LogP contribution is 2.26. The van der Waals surface area contributed by atoms with Crippen LogP contribution in [-0.2, 0) is 0 Å². The lowest BCUT2D eigenvalue weighted by Crippen LogP contribution is -2.40. The summed E-state index contributed by atoms with van der Waals surface area (Å²) in [6, 6.07) is 2.29. The first-order chi connectivity index (χ1) is 9.62. The molecule has 0 aromatic rings. The van der Waals surface area contributed by atoms with Gasteiger partial charge in [-0.25, -0.2) is 0 Å². The minimum Gasteiger partial charge on any atom is -0.394 e. The molecule has 2 N–H and O–H groups in total. The summed E-state index contributed by atoms with van der Waals surface area (Å²) in [5.74, 6) is -0.136. The maximum atomic E-state index is 9.13. The first-order valence-electron chi connectivity index (χ1n) is 7.03. The quantitative estimate of drug-likeness (QED) is 0.718. The van der Waals surface area contributed by atoms with Crippen LogP contribution in [0.15, 0.2) is 29.7 Å². The van der Waals surface area contributed by atoms with Crippen molar-refractivity contribution in [3.8, 4) is 6.07 Å². The van der Waals surface area contributed by atoms with E-state index in [2.05, 4.69) is 26.6 Å². The lowest BCUT2D eigenvalue weighted by Gasteiger charge is -2.25. The standard InChI is InChI=1S/C15H25N5/c1-14(12-16)15(2,4-5-17-3)13-19-8-11-20-9-6-18-7-10-20/h4-5,8,11,13-14,17-18H,6-7,9-10H2,1-3H3/b5-4-,11-8+,19-13?. The van der Waals surface area contributed by atoms with Gasteiger partial charge < -0.3 is 15.5 Å². The normalized spacial score (nSPS) is 21.2. The zero-order valence-electron chi connectivity index (χ0n) is 12.6. The van der Waals surface area contributed by atoms with Gasteiger partial charge in [0.2, 0.25) is 0 Å². The summed E-state index contributed by atoms with van der Waals surface area (Å²) in [5, 5.41) is 15.4. The van der Waals surface area contributed by atoms with Crippen molar-refractivity contribution in [2.75, 3.05) is 33.2 Å². The van der Waals surface area contributed by atoms with E-state index < -0.39 is 0 Å². The fraction of sp³-hybridized carbons (Fsp3) is 0.600. The number of aliphatic imine (C=N–C) groups is 1. The molecule has 1 heterocycles. The van der Waals surface area contributed by atoms with Crippen LogP contribution < -0.4 is 10.6 Å². The number of rotatable bonds is 6. The third-order valence-electron chi connectivity index (χ3n) is 3.60. The van der Waals surface area contributed by atoms with E-state index in [-0.39, 0.29) is 11.3 Å². The van der Waals surface area contributed by atoms with Crippen molar-refractivity contribution in [2.45, 2.75) is 13.8 Å². The molecule has 1 aliphatic heterocycles. The Kier molecular flexibility index (Phi) is 6.82. The molecule has 5 nitrogen and oxygen atoms in total. The Balaban J connectivity index is 2.64. The van der Waals surface area contributed by atoms with Crippen LogP contribution in [-0.4, -0.2) is 44.3 Å². The van der Waals surface area contributed by atoms with Crippen molar-refractivity contribution in [1.82, 2.24) is 15.5 Å². The Morgan fingerprint density at radius 2 is 2.15 bits per heavy atom. The molecule has 0 aromatic carbocycles. The van der Waals surface area contributed by atoms with Crippen molar-refractivity contribution in [2.24, 2.45) is 16.3 Å². The summed E-state index contributed by atoms with van der Waals surface area (Å²) >= 11 is 0. The highest BCUT2D eigenvalue weighted by Gasteiger charge is 2.26. The van der Waals surface area contributed by atoms with Crippen molar-refractivity contribution in [3.63, 3.8) is 0 Å². The maximum Gasteiger partial charge on any atom is 0.0665 e. The van der Waals surface area contributed by atoms with Crippen LogP contribution in [0.4, 0.5) is 0 Å². The monoisotopic (exact) mass is 275 g/mol. The number of nitrogens with one attached hydrogen (secondary N) is 2. The van der Waals surface area contributed by atoms with Gasteiger partial charge in [0.05, 0.1) is 12.0 Å². The van der Waals surface area contributed by atoms with Crippen LogP contribution in [0.2, 0.25) is 0 Å². The number of nitrogens with zero attached hydrogens (tertiary/aromatic N) is 3. The fourth-order valence-corrected chi connectivity index (χ4v) is 1.87. The van der Waals surface area contributed by atoms with Gasteiger partial charge in [0, 0.05) is 57.3 Å². The second kappa shape index (κ2) is 8.39. The third kappa shape index (κ3) is 5.06. The van der Waals surface area contributed by atoms with E-state index in [1.165, 1.54) is 0 Å². The molecule has 5 heteroatoms. The third-order valence-corrected chi connectivity index (χ3v) is 3.60. The van der Waals surface area contributed by atoms with E-state index in [9.17, 15) is 0 Å². The van der Waals surface area contributed by atoms with Crippen LogP contribution in [0.1, 0.15) is 13.8 Å². The molecule has 0 spiro atoms. The van der Waals surface area contributed by atoms with Gasteiger partial charge in [-0.05, 0) is 20.0 Å². The summed E-state index contributed by atoms with van der Waals surface area (Å²) in [4.78, 5) is 6.60. The molecular formula is C15H25N5. The minimum absolute atomic E-state index is 0.136. The number of hydrogen-bond donors (Lipinski definition) is 2. The van der Waals surface area contributed by atoms with Crippen molar-refractivity contribution in [3.05, 3.63) is 24.7 Å². The molecule has 1 fully saturated rings. The van der Waals surface area contributed by atoms with Crippen LogP contribution in [0.5, 0.6) is 0 Å². The fourth-order valence-electron chi connectivity index (χ4n) is 1.87. The zero-order chi connectivity index (χ0) is 14.8. The highest BCUT2D eigenvalue weighted by molar-refractivity contribution is 5.69. The summed E-state index contributed by atoms with van der Waals surface area (Å²) < 4.78 is 0. The average Bonchev–Trinajstić information content (AvgIpc) is 2.49. The van der Waals surface area contributed by atoms with Gasteiger partial charge in [-0.15, -0.1) is 0 Å². The average molecular weight is 275 g/mol. The highest BCUT2D eigenvalue weighted by atomic mass is 15.2. The van der Waals surface area contributed by atoms with E-state index >= 15 is 0 Å². The minimum atomic E-state index is -0.369. The summed E-state index contributed by atoms with van der Waals surface area (Å²) in [6.07, 6.45) is 9.48. The van der Waals surface area contributed by atoms with E-state index in [1.807, 2.05) is 45.6 Å². The lowest BCUT2D eigenvalue weighted by atomic mass is 9.80. The van der Waals surface area contributed by atoms with E-state index in [0.29, 0.717) is 0 Å². The predicted octanol–water partition coefficient (Wildman–Crippen LogP) is 1.33. The molecule has 0 aliphatic carbocycles. The molecule has 0 aromatic heterocycles. The van der Waals surface area contributed by atoms with Gasteiger partial charge in [-0.3, -0.25) is 4.99 Å². The molecule has 0 amide bonds. The van der Waals surface area contributed by atoms with Crippen LogP contribution in [0.25, 0.3) is 0 Å². The number of hydrogen-bond acceptors (Lipinski definition) is 5. The van der Waals surface area contributed by atoms with Gasteiger partial charge in [-0.2, -0.15) is 5.26 Å². The van der Waals surface area contributed by atoms with Gasteiger partial charge >= 0.3 is 0 Å². The molecule has 2 atom stereocenters. The van der Waals surface area contributed by atoms with Crippen molar-refractivity contribution >= 4 is 6.21 Å². The molecular weight excluding hydrogens is 250 g/mol. The smallest absolute Gasteiger partial charge is 0.0665 e. The number of nitriles is 1. The van der Waals surface area contributed by atoms with E-state index in [4.69, 9.17) is 5.26 Å². The van der Waals surface area contributed by atoms with Crippen molar-refractivity contribution in [1.29, 1.82) is 5.26 Å². The zero-order valence-corrected chi connectivity index (χ0v) is 12.6. The van der Waals surface area contributed by atoms with Gasteiger partial charge in [0.15, 0.2) is 0 Å². The molecule has 110 valence electrons. The molecule has 0 saturated carbocycles. The molecule has 0 radical (unpaired) electrons. The molecule has 2 unspecified atom stereocenters. The Morgan fingerprint density at radius 1 is 1.45 bits per heavy atom. The van der Waals surface area contributed by atoms with E-state index in [1.54, 1.807) is 6.20 Å². The molecule has 1 aliphatic rings. The molecule has 1 saturated heterocycles. The SMILES string of the molecule is CN/C=C\C(C)(C=N/C=C/N1CCNCC1)C(C)C#N. The van der Waals surface area contributed by atoms with Crippen LogP contribution in [0.3, 0.4) is 0 Å². The van der Waals surface area contributed by atoms with Gasteiger partial charge in [-0.1, -0.05) is 6.08 Å². The first-order valence-corrected chi connectivity index (χ1v) is 7.03. The maximum absolute atomic E-state index is 9.13. The Hall–Kier alpha value is -1.80. The molecule has 20 heavy (non-hydrogen) atoms. The number of allylic oxidation sites excluding steroid dienone is 1. The topological polar surface area (TPSA) is 63.5 Å². The first kappa shape index (κ1) is 16.3. The van der Waals surface area contributed by atoms with Crippen LogP contribution in [0, 0.1) is 22.7 Å². The summed E-state index contributed by atoms with van der Waals surface area (Å²) in [5.41, 5.74) is -0.369. The summed E-state index contributed by atoms with van der Waals surface area (Å²) in [6.45, 7) is 7.97. The number of piperazine rings is 1. The lowest BCUT2D eigenvalue weighted by molar-refractivity contribution is 0.323.